The SMILES string of the molecule is C#Cc1cccc(-c2cc(=O)n(C)c3cnc([C@](O)(c4ccc(I)cc4)c4cnnn4C)cc23)n1. The molecule has 1 atom stereocenters. The fourth-order valence-corrected chi connectivity index (χ4v) is 4.52. The minimum absolute atomic E-state index is 0.210. The molecule has 0 saturated carbocycles. The van der Waals surface area contributed by atoms with E-state index >= 15 is 0 Å². The maximum absolute atomic E-state index is 12.7. The molecule has 0 unspecified atom stereocenters. The van der Waals surface area contributed by atoms with Crippen molar-refractivity contribution in [2.75, 3.05) is 0 Å². The second-order valence-electron chi connectivity index (χ2n) is 8.05. The van der Waals surface area contributed by atoms with Crippen LogP contribution in [0.5, 0.6) is 0 Å². The van der Waals surface area contributed by atoms with Crippen molar-refractivity contribution in [1.82, 2.24) is 29.5 Å². The molecule has 0 spiro atoms. The van der Waals surface area contributed by atoms with Crippen molar-refractivity contribution < 1.29 is 5.11 Å². The summed E-state index contributed by atoms with van der Waals surface area (Å²) >= 11 is 2.21. The molecule has 35 heavy (non-hydrogen) atoms. The van der Waals surface area contributed by atoms with Crippen molar-refractivity contribution >= 4 is 33.5 Å². The summed E-state index contributed by atoms with van der Waals surface area (Å²) in [7, 11) is 3.39. The van der Waals surface area contributed by atoms with E-state index in [1.54, 1.807) is 44.6 Å². The molecule has 0 radical (unpaired) electrons. The zero-order valence-corrected chi connectivity index (χ0v) is 21.0. The van der Waals surface area contributed by atoms with Gasteiger partial charge in [-0.05, 0) is 58.5 Å². The summed E-state index contributed by atoms with van der Waals surface area (Å²) < 4.78 is 4.06. The van der Waals surface area contributed by atoms with Gasteiger partial charge in [-0.1, -0.05) is 29.3 Å². The van der Waals surface area contributed by atoms with E-state index in [4.69, 9.17) is 6.42 Å². The number of hydrogen-bond donors (Lipinski definition) is 1. The van der Waals surface area contributed by atoms with E-state index in [2.05, 4.69) is 48.8 Å². The van der Waals surface area contributed by atoms with Crippen LogP contribution in [0.15, 0.2) is 71.8 Å². The van der Waals surface area contributed by atoms with Crippen LogP contribution in [0.2, 0.25) is 0 Å². The van der Waals surface area contributed by atoms with Crippen molar-refractivity contribution in [3.8, 4) is 23.6 Å². The lowest BCUT2D eigenvalue weighted by Crippen LogP contribution is -2.32. The summed E-state index contributed by atoms with van der Waals surface area (Å²) in [5, 5.41) is 20.9. The molecular weight excluding hydrogens is 555 g/mol. The smallest absolute Gasteiger partial charge is 0.251 e. The minimum atomic E-state index is -1.66. The Labute approximate surface area is 214 Å². The molecule has 5 aromatic rings. The van der Waals surface area contributed by atoms with Crippen molar-refractivity contribution in [1.29, 1.82) is 0 Å². The second kappa shape index (κ2) is 8.72. The van der Waals surface area contributed by atoms with E-state index in [-0.39, 0.29) is 5.56 Å². The standard InChI is InChI=1S/C26H19IN6O2/c1-4-18-6-5-7-21(30-18)19-13-25(34)32(2)22-14-28-23(12-20(19)22)26(35,24-15-29-31-33(24)3)16-8-10-17(27)11-9-16/h1,5-15,35H,2-3H3/t26-/m1/s1. The molecule has 8 nitrogen and oxygen atoms in total. The van der Waals surface area contributed by atoms with Crippen LogP contribution in [0.3, 0.4) is 0 Å². The number of aryl methyl sites for hydroxylation is 2. The van der Waals surface area contributed by atoms with E-state index in [1.807, 2.05) is 24.3 Å². The van der Waals surface area contributed by atoms with Gasteiger partial charge in [0.1, 0.15) is 11.4 Å². The first-order chi connectivity index (χ1) is 16.8. The van der Waals surface area contributed by atoms with E-state index < -0.39 is 5.60 Å². The molecule has 0 aliphatic heterocycles. The molecule has 5 rings (SSSR count). The van der Waals surface area contributed by atoms with Crippen molar-refractivity contribution in [3.63, 3.8) is 0 Å². The molecule has 9 heteroatoms. The second-order valence-corrected chi connectivity index (χ2v) is 9.30. The van der Waals surface area contributed by atoms with E-state index in [0.717, 1.165) is 3.57 Å². The molecule has 0 amide bonds. The fourth-order valence-electron chi connectivity index (χ4n) is 4.16. The quantitative estimate of drug-likeness (QED) is 0.262. The lowest BCUT2D eigenvalue weighted by atomic mass is 9.86. The van der Waals surface area contributed by atoms with E-state index in [1.165, 1.54) is 21.5 Å². The van der Waals surface area contributed by atoms with Gasteiger partial charge in [-0.25, -0.2) is 9.67 Å². The molecule has 4 heterocycles. The predicted molar refractivity (Wildman–Crippen MR) is 140 cm³/mol. The van der Waals surface area contributed by atoms with E-state index in [0.29, 0.717) is 44.8 Å². The number of pyridine rings is 3. The average Bonchev–Trinajstić information content (AvgIpc) is 3.32. The lowest BCUT2D eigenvalue weighted by molar-refractivity contribution is 0.111. The normalized spacial score (nSPS) is 12.9. The lowest BCUT2D eigenvalue weighted by Gasteiger charge is -2.28. The molecule has 1 aromatic carbocycles. The first-order valence-electron chi connectivity index (χ1n) is 10.6. The molecule has 1 N–H and O–H groups in total. The molecule has 0 fully saturated rings. The first-order valence-corrected chi connectivity index (χ1v) is 11.7. The fraction of sp³-hybridized carbons (Fsp3) is 0.115. The van der Waals surface area contributed by atoms with Gasteiger partial charge in [0.2, 0.25) is 0 Å². The number of rotatable bonds is 4. The Morgan fingerprint density at radius 1 is 1.09 bits per heavy atom. The molecule has 0 aliphatic carbocycles. The molecular formula is C26H19IN6O2. The van der Waals surface area contributed by atoms with Crippen LogP contribution >= 0.6 is 22.6 Å². The molecule has 0 aliphatic rings. The number of terminal acetylenes is 1. The van der Waals surface area contributed by atoms with Crippen molar-refractivity contribution in [2.24, 2.45) is 14.1 Å². The monoisotopic (exact) mass is 574 g/mol. The third kappa shape index (κ3) is 3.80. The van der Waals surface area contributed by atoms with Gasteiger partial charge in [0.05, 0.1) is 29.3 Å². The summed E-state index contributed by atoms with van der Waals surface area (Å²) in [6.45, 7) is 0. The molecule has 4 aromatic heterocycles. The number of halogens is 1. The number of benzene rings is 1. The number of hydrogen-bond acceptors (Lipinski definition) is 6. The Hall–Kier alpha value is -3.88. The van der Waals surface area contributed by atoms with Crippen LogP contribution in [-0.4, -0.2) is 34.6 Å². The Kier molecular flexibility index (Phi) is 5.70. The largest absolute Gasteiger partial charge is 0.373 e. The van der Waals surface area contributed by atoms with Crippen LogP contribution in [0.1, 0.15) is 22.6 Å². The molecule has 0 saturated heterocycles. The van der Waals surface area contributed by atoms with Crippen LogP contribution in [0, 0.1) is 15.9 Å². The van der Waals surface area contributed by atoms with Crippen molar-refractivity contribution in [2.45, 2.75) is 5.60 Å². The number of fused-ring (bicyclic) bond motifs is 1. The van der Waals surface area contributed by atoms with Gasteiger partial charge < -0.3 is 9.67 Å². The summed E-state index contributed by atoms with van der Waals surface area (Å²) in [6.07, 6.45) is 8.65. The van der Waals surface area contributed by atoms with Crippen LogP contribution < -0.4 is 5.56 Å². The molecule has 0 bridgehead atoms. The predicted octanol–water partition coefficient (Wildman–Crippen LogP) is 2.99. The number of aliphatic hydroxyl groups is 1. The number of nitrogens with zero attached hydrogens (tertiary/aromatic N) is 6. The van der Waals surface area contributed by atoms with Gasteiger partial charge in [0, 0.05) is 34.7 Å². The summed E-state index contributed by atoms with van der Waals surface area (Å²) in [4.78, 5) is 21.9. The maximum Gasteiger partial charge on any atom is 0.251 e. The van der Waals surface area contributed by atoms with Gasteiger partial charge in [0.25, 0.3) is 5.56 Å². The first kappa shape index (κ1) is 22.9. The van der Waals surface area contributed by atoms with Gasteiger partial charge in [-0.3, -0.25) is 9.78 Å². The van der Waals surface area contributed by atoms with Crippen molar-refractivity contribution in [3.05, 3.63) is 104 Å². The van der Waals surface area contributed by atoms with Crippen LogP contribution in [-0.2, 0) is 19.7 Å². The third-order valence-electron chi connectivity index (χ3n) is 6.02. The highest BCUT2D eigenvalue weighted by Gasteiger charge is 2.39. The topological polar surface area (TPSA) is 98.7 Å². The minimum Gasteiger partial charge on any atom is -0.373 e. The van der Waals surface area contributed by atoms with Gasteiger partial charge >= 0.3 is 0 Å². The Morgan fingerprint density at radius 2 is 1.86 bits per heavy atom. The van der Waals surface area contributed by atoms with Crippen LogP contribution in [0.25, 0.3) is 22.2 Å². The zero-order valence-electron chi connectivity index (χ0n) is 18.8. The Balaban J connectivity index is 1.84. The summed E-state index contributed by atoms with van der Waals surface area (Å²) in [5.41, 5.74) is 1.75. The highest BCUT2D eigenvalue weighted by molar-refractivity contribution is 14.1. The molecule has 172 valence electrons. The number of aromatic nitrogens is 6. The third-order valence-corrected chi connectivity index (χ3v) is 6.74. The zero-order chi connectivity index (χ0) is 24.7. The Morgan fingerprint density at radius 3 is 2.54 bits per heavy atom. The van der Waals surface area contributed by atoms with E-state index in [9.17, 15) is 9.90 Å². The summed E-state index contributed by atoms with van der Waals surface area (Å²) in [5.74, 6) is 2.53. The Bertz CT molecular complexity index is 1680. The van der Waals surface area contributed by atoms with Gasteiger partial charge in [-0.2, -0.15) is 0 Å². The van der Waals surface area contributed by atoms with Gasteiger partial charge in [0.15, 0.2) is 5.60 Å². The van der Waals surface area contributed by atoms with Gasteiger partial charge in [-0.15, -0.1) is 11.5 Å². The average molecular weight is 574 g/mol. The highest BCUT2D eigenvalue weighted by atomic mass is 127. The maximum atomic E-state index is 12.7. The van der Waals surface area contributed by atoms with Crippen LogP contribution in [0.4, 0.5) is 0 Å². The summed E-state index contributed by atoms with van der Waals surface area (Å²) in [6, 6.07) is 16.1. The highest BCUT2D eigenvalue weighted by Crippen LogP contribution is 2.37.